The first kappa shape index (κ1) is 10.6. The Morgan fingerprint density at radius 3 is 2.27 bits per heavy atom. The summed E-state index contributed by atoms with van der Waals surface area (Å²) in [5, 5.41) is 0. The molecule has 0 aliphatic heterocycles. The van der Waals surface area contributed by atoms with Crippen molar-refractivity contribution in [3.05, 3.63) is 0 Å². The van der Waals surface area contributed by atoms with E-state index in [2.05, 4.69) is 0 Å². The molecule has 0 fully saturated rings. The van der Waals surface area contributed by atoms with Crippen LogP contribution in [0.2, 0.25) is 0 Å². The van der Waals surface area contributed by atoms with E-state index in [1.54, 1.807) is 0 Å². The zero-order chi connectivity index (χ0) is 8.69. The Hall–Kier alpha value is -0.410. The van der Waals surface area contributed by atoms with Gasteiger partial charge >= 0.3 is 0 Å². The van der Waals surface area contributed by atoms with Crippen LogP contribution in [0, 0.1) is 0 Å². The summed E-state index contributed by atoms with van der Waals surface area (Å²) in [6, 6.07) is 0. The van der Waals surface area contributed by atoms with Gasteiger partial charge in [-0.3, -0.25) is 4.79 Å². The molecule has 0 unspecified atom stereocenters. The Labute approximate surface area is 67.7 Å². The largest absolute Gasteiger partial charge is 0.355 e. The van der Waals surface area contributed by atoms with Gasteiger partial charge in [-0.1, -0.05) is 6.92 Å². The summed E-state index contributed by atoms with van der Waals surface area (Å²) in [5.41, 5.74) is 0. The van der Waals surface area contributed by atoms with Gasteiger partial charge in [-0.25, -0.2) is 0 Å². The third-order valence-corrected chi connectivity index (χ3v) is 1.45. The van der Waals surface area contributed by atoms with Crippen molar-refractivity contribution < 1.29 is 14.3 Å². The summed E-state index contributed by atoms with van der Waals surface area (Å²) in [6.07, 6.45) is 1.50. The lowest BCUT2D eigenvalue weighted by molar-refractivity contribution is -0.137. The summed E-state index contributed by atoms with van der Waals surface area (Å²) in [4.78, 5) is 11.0. The smallest absolute Gasteiger partial charge is 0.163 e. The number of rotatable bonds is 6. The molecule has 0 aromatic carbocycles. The minimum atomic E-state index is -0.367. The molecular formula is C8H16O3. The van der Waals surface area contributed by atoms with Crippen LogP contribution in [0.1, 0.15) is 26.2 Å². The number of hydrogen-bond donors (Lipinski definition) is 0. The van der Waals surface area contributed by atoms with E-state index in [-0.39, 0.29) is 12.1 Å². The van der Waals surface area contributed by atoms with Crippen molar-refractivity contribution in [1.82, 2.24) is 0 Å². The minimum absolute atomic E-state index is 0.196. The van der Waals surface area contributed by atoms with Gasteiger partial charge in [0.1, 0.15) is 5.78 Å². The number of hydrogen-bond acceptors (Lipinski definition) is 3. The van der Waals surface area contributed by atoms with Crippen molar-refractivity contribution in [1.29, 1.82) is 0 Å². The number of Topliss-reactive ketones (excluding diaryl/α,β-unsaturated/α-hetero) is 1. The fraction of sp³-hybridized carbons (Fsp3) is 0.875. The third kappa shape index (κ3) is 4.93. The molecule has 0 aliphatic rings. The standard InChI is InChI=1S/C8H16O3/c1-4-5-7(9)6-8(10-2)11-3/h8H,4-6H2,1-3H3. The van der Waals surface area contributed by atoms with Crippen molar-refractivity contribution in [3.8, 4) is 0 Å². The Bertz CT molecular complexity index is 108. The SMILES string of the molecule is CCCC(=O)CC(OC)OC. The fourth-order valence-corrected chi connectivity index (χ4v) is 0.830. The van der Waals surface area contributed by atoms with Crippen LogP contribution in [-0.2, 0) is 14.3 Å². The predicted molar refractivity (Wildman–Crippen MR) is 42.3 cm³/mol. The maximum absolute atomic E-state index is 11.0. The number of ketones is 1. The monoisotopic (exact) mass is 160 g/mol. The van der Waals surface area contributed by atoms with Crippen LogP contribution in [0.5, 0.6) is 0 Å². The van der Waals surface area contributed by atoms with Crippen molar-refractivity contribution in [2.45, 2.75) is 32.5 Å². The molecule has 0 aromatic heterocycles. The van der Waals surface area contributed by atoms with Crippen LogP contribution in [0.15, 0.2) is 0 Å². The lowest BCUT2D eigenvalue weighted by Gasteiger charge is -2.11. The molecule has 3 nitrogen and oxygen atoms in total. The molecular weight excluding hydrogens is 144 g/mol. The quantitative estimate of drug-likeness (QED) is 0.550. The van der Waals surface area contributed by atoms with Gasteiger partial charge in [0.25, 0.3) is 0 Å². The molecule has 0 radical (unpaired) electrons. The second-order valence-corrected chi connectivity index (χ2v) is 2.39. The highest BCUT2D eigenvalue weighted by molar-refractivity contribution is 5.78. The molecule has 0 heterocycles. The first-order valence-electron chi connectivity index (χ1n) is 3.81. The summed E-state index contributed by atoms with van der Waals surface area (Å²) >= 11 is 0. The van der Waals surface area contributed by atoms with E-state index in [1.807, 2.05) is 6.92 Å². The van der Waals surface area contributed by atoms with Crippen LogP contribution < -0.4 is 0 Å². The van der Waals surface area contributed by atoms with Crippen molar-refractivity contribution in [2.24, 2.45) is 0 Å². The van der Waals surface area contributed by atoms with Gasteiger partial charge in [0, 0.05) is 20.6 Å². The van der Waals surface area contributed by atoms with Crippen LogP contribution in [0.3, 0.4) is 0 Å². The first-order valence-corrected chi connectivity index (χ1v) is 3.81. The molecule has 0 aromatic rings. The van der Waals surface area contributed by atoms with E-state index in [0.29, 0.717) is 12.8 Å². The number of carbonyl (C=O) groups excluding carboxylic acids is 1. The van der Waals surface area contributed by atoms with Gasteiger partial charge in [0.2, 0.25) is 0 Å². The highest BCUT2D eigenvalue weighted by Gasteiger charge is 2.10. The molecule has 0 amide bonds. The molecule has 0 saturated carbocycles. The molecule has 0 bridgehead atoms. The summed E-state index contributed by atoms with van der Waals surface area (Å²) in [6.45, 7) is 1.98. The maximum Gasteiger partial charge on any atom is 0.163 e. The van der Waals surface area contributed by atoms with Gasteiger partial charge in [-0.2, -0.15) is 0 Å². The van der Waals surface area contributed by atoms with Gasteiger partial charge in [0.05, 0.1) is 6.42 Å². The van der Waals surface area contributed by atoms with Gasteiger partial charge in [0.15, 0.2) is 6.29 Å². The molecule has 0 rings (SSSR count). The average molecular weight is 160 g/mol. The molecule has 3 heteroatoms. The number of carbonyl (C=O) groups is 1. The summed E-state index contributed by atoms with van der Waals surface area (Å²) < 4.78 is 9.75. The number of ether oxygens (including phenoxy) is 2. The molecule has 0 spiro atoms. The molecule has 11 heavy (non-hydrogen) atoms. The maximum atomic E-state index is 11.0. The highest BCUT2D eigenvalue weighted by atomic mass is 16.7. The van der Waals surface area contributed by atoms with Crippen LogP contribution >= 0.6 is 0 Å². The lowest BCUT2D eigenvalue weighted by atomic mass is 10.2. The normalized spacial score (nSPS) is 10.5. The van der Waals surface area contributed by atoms with Crippen molar-refractivity contribution >= 4 is 5.78 Å². The topological polar surface area (TPSA) is 35.5 Å². The number of methoxy groups -OCH3 is 2. The molecule has 0 saturated heterocycles. The van der Waals surface area contributed by atoms with E-state index < -0.39 is 0 Å². The van der Waals surface area contributed by atoms with E-state index >= 15 is 0 Å². The van der Waals surface area contributed by atoms with Gasteiger partial charge in [-0.05, 0) is 6.42 Å². The Kier molecular flexibility index (Phi) is 6.07. The molecule has 0 aliphatic carbocycles. The van der Waals surface area contributed by atoms with Crippen LogP contribution in [0.4, 0.5) is 0 Å². The van der Waals surface area contributed by atoms with Crippen LogP contribution in [-0.4, -0.2) is 26.3 Å². The van der Waals surface area contributed by atoms with E-state index in [4.69, 9.17) is 9.47 Å². The Balaban J connectivity index is 3.54. The Morgan fingerprint density at radius 2 is 1.91 bits per heavy atom. The van der Waals surface area contributed by atoms with Crippen molar-refractivity contribution in [3.63, 3.8) is 0 Å². The Morgan fingerprint density at radius 1 is 1.36 bits per heavy atom. The second kappa shape index (κ2) is 6.31. The highest BCUT2D eigenvalue weighted by Crippen LogP contribution is 2.02. The van der Waals surface area contributed by atoms with E-state index in [9.17, 15) is 4.79 Å². The summed E-state index contributed by atoms with van der Waals surface area (Å²) in [5.74, 6) is 0.196. The average Bonchev–Trinajstić information content (AvgIpc) is 2.01. The minimum Gasteiger partial charge on any atom is -0.355 e. The zero-order valence-electron chi connectivity index (χ0n) is 7.42. The van der Waals surface area contributed by atoms with E-state index in [1.165, 1.54) is 14.2 Å². The van der Waals surface area contributed by atoms with Gasteiger partial charge < -0.3 is 9.47 Å². The second-order valence-electron chi connectivity index (χ2n) is 2.39. The third-order valence-electron chi connectivity index (χ3n) is 1.45. The van der Waals surface area contributed by atoms with E-state index in [0.717, 1.165) is 6.42 Å². The van der Waals surface area contributed by atoms with Crippen LogP contribution in [0.25, 0.3) is 0 Å². The first-order chi connectivity index (χ1) is 5.24. The van der Waals surface area contributed by atoms with Crippen molar-refractivity contribution in [2.75, 3.05) is 14.2 Å². The fourth-order valence-electron chi connectivity index (χ4n) is 0.830. The molecule has 0 atom stereocenters. The predicted octanol–water partition coefficient (Wildman–Crippen LogP) is 1.36. The summed E-state index contributed by atoms with van der Waals surface area (Å²) in [7, 11) is 3.07. The van der Waals surface area contributed by atoms with Gasteiger partial charge in [-0.15, -0.1) is 0 Å². The zero-order valence-corrected chi connectivity index (χ0v) is 7.42. The molecule has 0 N–H and O–H groups in total. The lowest BCUT2D eigenvalue weighted by Crippen LogP contribution is -2.17. The molecule has 66 valence electrons.